The van der Waals surface area contributed by atoms with Gasteiger partial charge in [-0.3, -0.25) is 9.59 Å². The number of benzene rings is 1. The minimum Gasteiger partial charge on any atom is -0.339 e. The standard InChI is InChI=1S/C16H16ClN3O2S/c17-13-3-1-2-12(10-13)15(22)20-7-4-11(5-8-20)14(21)19-16-18-6-9-23-16/h1-3,6,9-11H,4-5,7-8H2,(H,18,19,21). The van der Waals surface area contributed by atoms with E-state index in [2.05, 4.69) is 10.3 Å². The minimum atomic E-state index is -0.0812. The van der Waals surface area contributed by atoms with Crippen molar-refractivity contribution in [3.05, 3.63) is 46.4 Å². The van der Waals surface area contributed by atoms with E-state index in [1.165, 1.54) is 11.3 Å². The lowest BCUT2D eigenvalue weighted by Crippen LogP contribution is -2.41. The van der Waals surface area contributed by atoms with Crippen LogP contribution in [0.3, 0.4) is 0 Å². The van der Waals surface area contributed by atoms with Gasteiger partial charge in [-0.15, -0.1) is 11.3 Å². The highest BCUT2D eigenvalue weighted by Crippen LogP contribution is 2.22. The summed E-state index contributed by atoms with van der Waals surface area (Å²) in [6.07, 6.45) is 2.97. The average molecular weight is 350 g/mol. The second-order valence-corrected chi connectivity index (χ2v) is 6.73. The third-order valence-electron chi connectivity index (χ3n) is 3.89. The molecule has 1 aliphatic heterocycles. The fourth-order valence-corrected chi connectivity index (χ4v) is 3.36. The van der Waals surface area contributed by atoms with Crippen LogP contribution in [0.4, 0.5) is 5.13 Å². The number of hydrogen-bond acceptors (Lipinski definition) is 4. The summed E-state index contributed by atoms with van der Waals surface area (Å²) in [5.74, 6) is -0.136. The molecular formula is C16H16ClN3O2S. The Morgan fingerprint density at radius 1 is 1.30 bits per heavy atom. The van der Waals surface area contributed by atoms with Crippen molar-refractivity contribution in [1.29, 1.82) is 0 Å². The molecule has 0 unspecified atom stereocenters. The van der Waals surface area contributed by atoms with Crippen LogP contribution in [0, 0.1) is 5.92 Å². The topological polar surface area (TPSA) is 62.3 Å². The molecule has 1 aliphatic rings. The van der Waals surface area contributed by atoms with Crippen LogP contribution in [0.15, 0.2) is 35.8 Å². The van der Waals surface area contributed by atoms with Crippen molar-refractivity contribution in [2.75, 3.05) is 18.4 Å². The molecule has 0 radical (unpaired) electrons. The molecule has 0 atom stereocenters. The van der Waals surface area contributed by atoms with Gasteiger partial charge in [0.25, 0.3) is 5.91 Å². The Hall–Kier alpha value is -1.92. The fraction of sp³-hybridized carbons (Fsp3) is 0.312. The quantitative estimate of drug-likeness (QED) is 0.924. The lowest BCUT2D eigenvalue weighted by Gasteiger charge is -2.31. The molecule has 1 N–H and O–H groups in total. The molecule has 1 aromatic carbocycles. The molecule has 0 saturated carbocycles. The first-order valence-electron chi connectivity index (χ1n) is 7.38. The van der Waals surface area contributed by atoms with E-state index in [1.807, 2.05) is 5.38 Å². The van der Waals surface area contributed by atoms with Crippen LogP contribution in [-0.4, -0.2) is 34.8 Å². The van der Waals surface area contributed by atoms with Gasteiger partial charge >= 0.3 is 0 Å². The molecule has 0 bridgehead atoms. The number of aromatic nitrogens is 1. The molecule has 23 heavy (non-hydrogen) atoms. The first kappa shape index (κ1) is 16.0. The normalized spacial score (nSPS) is 15.4. The third kappa shape index (κ3) is 3.89. The summed E-state index contributed by atoms with van der Waals surface area (Å²) < 4.78 is 0. The zero-order valence-corrected chi connectivity index (χ0v) is 13.9. The van der Waals surface area contributed by atoms with Crippen molar-refractivity contribution >= 4 is 39.9 Å². The maximum Gasteiger partial charge on any atom is 0.253 e. The summed E-state index contributed by atoms with van der Waals surface area (Å²) in [6, 6.07) is 6.94. The van der Waals surface area contributed by atoms with Gasteiger partial charge in [0.05, 0.1) is 0 Å². The maximum atomic E-state index is 12.4. The van der Waals surface area contributed by atoms with Gasteiger partial charge in [0.2, 0.25) is 5.91 Å². The SMILES string of the molecule is O=C(Nc1nccs1)C1CCN(C(=O)c2cccc(Cl)c2)CC1. The second kappa shape index (κ2) is 7.10. The van der Waals surface area contributed by atoms with Gasteiger partial charge in [-0.25, -0.2) is 4.98 Å². The number of halogens is 1. The summed E-state index contributed by atoms with van der Waals surface area (Å²) >= 11 is 7.33. The predicted octanol–water partition coefficient (Wildman–Crippen LogP) is 3.29. The predicted molar refractivity (Wildman–Crippen MR) is 90.8 cm³/mol. The van der Waals surface area contributed by atoms with Crippen molar-refractivity contribution < 1.29 is 9.59 Å². The number of carbonyl (C=O) groups is 2. The van der Waals surface area contributed by atoms with E-state index >= 15 is 0 Å². The number of nitrogens with zero attached hydrogens (tertiary/aromatic N) is 2. The van der Waals surface area contributed by atoms with E-state index in [0.29, 0.717) is 41.6 Å². The largest absolute Gasteiger partial charge is 0.339 e. The van der Waals surface area contributed by atoms with E-state index in [0.717, 1.165) is 0 Å². The molecule has 2 aromatic rings. The van der Waals surface area contributed by atoms with Crippen molar-refractivity contribution in [2.24, 2.45) is 5.92 Å². The van der Waals surface area contributed by atoms with Crippen LogP contribution in [0.1, 0.15) is 23.2 Å². The van der Waals surface area contributed by atoms with Crippen molar-refractivity contribution in [1.82, 2.24) is 9.88 Å². The highest BCUT2D eigenvalue weighted by Gasteiger charge is 2.28. The zero-order valence-electron chi connectivity index (χ0n) is 12.4. The number of thiazole rings is 1. The molecule has 120 valence electrons. The lowest BCUT2D eigenvalue weighted by molar-refractivity contribution is -0.121. The Bertz CT molecular complexity index is 697. The van der Waals surface area contributed by atoms with E-state index < -0.39 is 0 Å². The summed E-state index contributed by atoms with van der Waals surface area (Å²) in [7, 11) is 0. The van der Waals surface area contributed by atoms with Crippen LogP contribution in [-0.2, 0) is 4.79 Å². The highest BCUT2D eigenvalue weighted by atomic mass is 35.5. The number of amides is 2. The Morgan fingerprint density at radius 2 is 2.09 bits per heavy atom. The first-order valence-corrected chi connectivity index (χ1v) is 8.64. The second-order valence-electron chi connectivity index (χ2n) is 5.40. The number of carbonyl (C=O) groups excluding carboxylic acids is 2. The summed E-state index contributed by atoms with van der Waals surface area (Å²) in [5.41, 5.74) is 0.586. The maximum absolute atomic E-state index is 12.4. The molecule has 1 fully saturated rings. The number of likely N-dealkylation sites (tertiary alicyclic amines) is 1. The van der Waals surface area contributed by atoms with Gasteiger partial charge in [-0.2, -0.15) is 0 Å². The number of rotatable bonds is 3. The van der Waals surface area contributed by atoms with E-state index in [4.69, 9.17) is 11.6 Å². The Labute approximate surface area is 143 Å². The number of anilines is 1. The molecule has 7 heteroatoms. The number of hydrogen-bond donors (Lipinski definition) is 1. The Kier molecular flexibility index (Phi) is 4.93. The minimum absolute atomic E-state index is 0.0187. The third-order valence-corrected chi connectivity index (χ3v) is 4.81. The number of nitrogens with one attached hydrogen (secondary N) is 1. The van der Waals surface area contributed by atoms with Gasteiger partial charge in [-0.1, -0.05) is 17.7 Å². The van der Waals surface area contributed by atoms with Gasteiger partial charge in [0.15, 0.2) is 5.13 Å². The van der Waals surface area contributed by atoms with Gasteiger partial charge in [-0.05, 0) is 31.0 Å². The van der Waals surface area contributed by atoms with Crippen LogP contribution in [0.25, 0.3) is 0 Å². The Morgan fingerprint density at radius 3 is 2.74 bits per heavy atom. The molecule has 3 rings (SSSR count). The van der Waals surface area contributed by atoms with Crippen LogP contribution < -0.4 is 5.32 Å². The summed E-state index contributed by atoms with van der Waals surface area (Å²) in [5, 5.41) is 5.81. The van der Waals surface area contributed by atoms with E-state index in [9.17, 15) is 9.59 Å². The van der Waals surface area contributed by atoms with Crippen LogP contribution in [0.2, 0.25) is 5.02 Å². The molecule has 1 aromatic heterocycles. The van der Waals surface area contributed by atoms with Crippen LogP contribution >= 0.6 is 22.9 Å². The van der Waals surface area contributed by atoms with E-state index in [1.54, 1.807) is 35.4 Å². The van der Waals surface area contributed by atoms with Crippen molar-refractivity contribution in [2.45, 2.75) is 12.8 Å². The fourth-order valence-electron chi connectivity index (χ4n) is 2.64. The van der Waals surface area contributed by atoms with Gasteiger partial charge < -0.3 is 10.2 Å². The molecule has 2 heterocycles. The molecular weight excluding hydrogens is 334 g/mol. The molecule has 2 amide bonds. The van der Waals surface area contributed by atoms with Crippen molar-refractivity contribution in [3.63, 3.8) is 0 Å². The smallest absolute Gasteiger partial charge is 0.253 e. The summed E-state index contributed by atoms with van der Waals surface area (Å²) in [6.45, 7) is 1.14. The average Bonchev–Trinajstić information content (AvgIpc) is 3.07. The Balaban J connectivity index is 1.55. The monoisotopic (exact) mass is 349 g/mol. The molecule has 0 aliphatic carbocycles. The van der Waals surface area contributed by atoms with Gasteiger partial charge in [0, 0.05) is 41.2 Å². The van der Waals surface area contributed by atoms with Gasteiger partial charge in [0.1, 0.15) is 0 Å². The zero-order chi connectivity index (χ0) is 16.2. The summed E-state index contributed by atoms with van der Waals surface area (Å²) in [4.78, 5) is 30.5. The van der Waals surface area contributed by atoms with Crippen molar-refractivity contribution in [3.8, 4) is 0 Å². The van der Waals surface area contributed by atoms with Crippen LogP contribution in [0.5, 0.6) is 0 Å². The molecule has 0 spiro atoms. The molecule has 5 nitrogen and oxygen atoms in total. The highest BCUT2D eigenvalue weighted by molar-refractivity contribution is 7.13. The lowest BCUT2D eigenvalue weighted by atomic mass is 9.95. The molecule has 1 saturated heterocycles. The van der Waals surface area contributed by atoms with E-state index in [-0.39, 0.29) is 17.7 Å². The first-order chi connectivity index (χ1) is 11.1. The number of piperidine rings is 1.